The highest BCUT2D eigenvalue weighted by Crippen LogP contribution is 2.44. The molecule has 4 rings (SSSR count). The third kappa shape index (κ3) is 6.42. The van der Waals surface area contributed by atoms with Crippen LogP contribution in [0.1, 0.15) is 54.9 Å². The zero-order valence-electron chi connectivity index (χ0n) is 21.2. The number of nitrogens with one attached hydrogen (secondary N) is 2. The molecule has 35 heavy (non-hydrogen) atoms. The number of rotatable bonds is 7. The summed E-state index contributed by atoms with van der Waals surface area (Å²) in [6.07, 6.45) is 2.82. The van der Waals surface area contributed by atoms with E-state index in [2.05, 4.69) is 36.3 Å². The fourth-order valence-electron chi connectivity index (χ4n) is 4.78. The predicted octanol–water partition coefficient (Wildman–Crippen LogP) is 4.82. The summed E-state index contributed by atoms with van der Waals surface area (Å²) in [6.45, 7) is 12.4. The van der Waals surface area contributed by atoms with Crippen molar-refractivity contribution in [1.29, 1.82) is 0 Å². The van der Waals surface area contributed by atoms with Crippen LogP contribution in [0.2, 0.25) is 0 Å². The van der Waals surface area contributed by atoms with E-state index < -0.39 is 0 Å². The van der Waals surface area contributed by atoms with Crippen LogP contribution >= 0.6 is 11.3 Å². The molecule has 2 aromatic rings. The Morgan fingerprint density at radius 3 is 2.51 bits per heavy atom. The zero-order chi connectivity index (χ0) is 25.0. The Balaban J connectivity index is 1.56. The summed E-state index contributed by atoms with van der Waals surface area (Å²) in [5.41, 5.74) is 2.60. The number of benzene rings is 1. The Morgan fingerprint density at radius 2 is 1.86 bits per heavy atom. The summed E-state index contributed by atoms with van der Waals surface area (Å²) in [5, 5.41) is 6.77. The summed E-state index contributed by atoms with van der Waals surface area (Å²) in [6, 6.07) is 7.38. The summed E-state index contributed by atoms with van der Waals surface area (Å²) < 4.78 is 10.9. The number of thiophene rings is 1. The smallest absolute Gasteiger partial charge is 0.258 e. The lowest BCUT2D eigenvalue weighted by atomic mass is 9.72. The number of carbonyl (C=O) groups is 2. The molecule has 2 heterocycles. The summed E-state index contributed by atoms with van der Waals surface area (Å²) in [5.74, 6) is 1.05. The summed E-state index contributed by atoms with van der Waals surface area (Å²) in [7, 11) is 0. The van der Waals surface area contributed by atoms with Gasteiger partial charge >= 0.3 is 0 Å². The molecule has 1 aliphatic heterocycles. The number of hydrogen-bond acceptors (Lipinski definition) is 6. The van der Waals surface area contributed by atoms with Gasteiger partial charge in [0.25, 0.3) is 5.91 Å². The minimum atomic E-state index is -0.178. The van der Waals surface area contributed by atoms with Gasteiger partial charge in [0.05, 0.1) is 31.9 Å². The van der Waals surface area contributed by atoms with E-state index in [1.54, 1.807) is 11.3 Å². The topological polar surface area (TPSA) is 79.9 Å². The fraction of sp³-hybridized carbons (Fsp3) is 0.556. The van der Waals surface area contributed by atoms with Crippen molar-refractivity contribution in [2.24, 2.45) is 11.3 Å². The van der Waals surface area contributed by atoms with Crippen molar-refractivity contribution in [2.75, 3.05) is 50.1 Å². The highest BCUT2D eigenvalue weighted by atomic mass is 32.1. The van der Waals surface area contributed by atoms with Crippen LogP contribution in [-0.4, -0.2) is 56.2 Å². The van der Waals surface area contributed by atoms with Gasteiger partial charge in [-0.1, -0.05) is 20.8 Å². The maximum atomic E-state index is 13.5. The molecule has 0 bridgehead atoms. The standard InChI is InChI=1S/C27H37N3O4S/c1-5-34-20-9-7-19(8-10-20)28-25(32)24-21-11-6-18(27(2,3)4)16-22(21)35-26(24)29-23(31)17-30-12-14-33-15-13-30/h7-10,18H,5-6,11-17H2,1-4H3,(H,28,32)(H,29,31)/t18-/m0/s1. The van der Waals surface area contributed by atoms with Crippen molar-refractivity contribution >= 4 is 33.8 Å². The average molecular weight is 500 g/mol. The fourth-order valence-corrected chi connectivity index (χ4v) is 6.12. The molecule has 0 saturated carbocycles. The van der Waals surface area contributed by atoms with E-state index in [4.69, 9.17) is 9.47 Å². The van der Waals surface area contributed by atoms with Gasteiger partial charge in [0.15, 0.2) is 0 Å². The van der Waals surface area contributed by atoms with E-state index in [9.17, 15) is 9.59 Å². The molecule has 1 aromatic heterocycles. The van der Waals surface area contributed by atoms with Crippen LogP contribution in [-0.2, 0) is 22.4 Å². The van der Waals surface area contributed by atoms with Crippen LogP contribution in [0.25, 0.3) is 0 Å². The van der Waals surface area contributed by atoms with E-state index in [1.165, 1.54) is 4.88 Å². The molecule has 1 atom stereocenters. The van der Waals surface area contributed by atoms with Crippen LogP contribution in [0.5, 0.6) is 5.75 Å². The van der Waals surface area contributed by atoms with E-state index in [0.29, 0.717) is 48.5 Å². The van der Waals surface area contributed by atoms with Gasteiger partial charge < -0.3 is 20.1 Å². The van der Waals surface area contributed by atoms with Gasteiger partial charge in [-0.25, -0.2) is 0 Å². The summed E-state index contributed by atoms with van der Waals surface area (Å²) >= 11 is 1.56. The molecule has 1 fully saturated rings. The number of amides is 2. The molecular formula is C27H37N3O4S. The molecule has 2 amide bonds. The first-order valence-corrected chi connectivity index (χ1v) is 13.3. The number of anilines is 2. The second kappa shape index (κ2) is 11.1. The Kier molecular flexibility index (Phi) is 8.14. The molecule has 2 aliphatic rings. The van der Waals surface area contributed by atoms with E-state index >= 15 is 0 Å². The maximum Gasteiger partial charge on any atom is 0.258 e. The van der Waals surface area contributed by atoms with Crippen molar-refractivity contribution in [3.63, 3.8) is 0 Å². The molecule has 190 valence electrons. The highest BCUT2D eigenvalue weighted by molar-refractivity contribution is 7.17. The molecule has 0 unspecified atom stereocenters. The van der Waals surface area contributed by atoms with Gasteiger partial charge in [0, 0.05) is 23.7 Å². The first-order valence-electron chi connectivity index (χ1n) is 12.5. The Labute approximate surface area is 212 Å². The molecule has 2 N–H and O–H groups in total. The van der Waals surface area contributed by atoms with Crippen LogP contribution in [0.15, 0.2) is 24.3 Å². The number of fused-ring (bicyclic) bond motifs is 1. The SMILES string of the molecule is CCOc1ccc(NC(=O)c2c(NC(=O)CN3CCOCC3)sc3c2CC[C@H](C(C)(C)C)C3)cc1. The first kappa shape index (κ1) is 25.7. The van der Waals surface area contributed by atoms with Gasteiger partial charge in [0.1, 0.15) is 10.8 Å². The Bertz CT molecular complexity index is 1040. The van der Waals surface area contributed by atoms with Gasteiger partial charge in [0.2, 0.25) is 5.91 Å². The van der Waals surface area contributed by atoms with Gasteiger partial charge in [-0.3, -0.25) is 14.5 Å². The van der Waals surface area contributed by atoms with Gasteiger partial charge in [-0.2, -0.15) is 0 Å². The quantitative estimate of drug-likeness (QED) is 0.571. The lowest BCUT2D eigenvalue weighted by Crippen LogP contribution is -2.41. The Morgan fingerprint density at radius 1 is 1.14 bits per heavy atom. The van der Waals surface area contributed by atoms with Crippen molar-refractivity contribution in [3.8, 4) is 5.75 Å². The van der Waals surface area contributed by atoms with Crippen molar-refractivity contribution in [2.45, 2.75) is 47.0 Å². The number of ether oxygens (including phenoxy) is 2. The van der Waals surface area contributed by atoms with Crippen molar-refractivity contribution < 1.29 is 19.1 Å². The molecule has 8 heteroatoms. The zero-order valence-corrected chi connectivity index (χ0v) is 22.1. The van der Waals surface area contributed by atoms with E-state index in [0.717, 1.165) is 43.7 Å². The van der Waals surface area contributed by atoms with Gasteiger partial charge in [-0.15, -0.1) is 11.3 Å². The minimum Gasteiger partial charge on any atom is -0.494 e. The number of hydrogen-bond donors (Lipinski definition) is 2. The predicted molar refractivity (Wildman–Crippen MR) is 141 cm³/mol. The van der Waals surface area contributed by atoms with Gasteiger partial charge in [-0.05, 0) is 67.3 Å². The monoisotopic (exact) mass is 499 g/mol. The van der Waals surface area contributed by atoms with E-state index in [-0.39, 0.29) is 17.2 Å². The van der Waals surface area contributed by atoms with Crippen LogP contribution in [0, 0.1) is 11.3 Å². The molecule has 7 nitrogen and oxygen atoms in total. The second-order valence-electron chi connectivity index (χ2n) is 10.4. The minimum absolute atomic E-state index is 0.0898. The average Bonchev–Trinajstić information content (AvgIpc) is 3.17. The number of nitrogens with zero attached hydrogens (tertiary/aromatic N) is 1. The third-order valence-electron chi connectivity index (χ3n) is 6.86. The van der Waals surface area contributed by atoms with Crippen LogP contribution in [0.4, 0.5) is 10.7 Å². The molecule has 0 spiro atoms. The molecular weight excluding hydrogens is 462 g/mol. The molecule has 1 saturated heterocycles. The lowest BCUT2D eigenvalue weighted by Gasteiger charge is -2.33. The van der Waals surface area contributed by atoms with Crippen molar-refractivity contribution in [3.05, 3.63) is 40.3 Å². The van der Waals surface area contributed by atoms with Crippen molar-refractivity contribution in [1.82, 2.24) is 4.90 Å². The number of carbonyl (C=O) groups excluding carboxylic acids is 2. The molecule has 1 aliphatic carbocycles. The Hall–Kier alpha value is -2.42. The normalized spacial score (nSPS) is 18.6. The van der Waals surface area contributed by atoms with Crippen LogP contribution in [0.3, 0.4) is 0 Å². The summed E-state index contributed by atoms with van der Waals surface area (Å²) in [4.78, 5) is 29.7. The maximum absolute atomic E-state index is 13.5. The van der Waals surface area contributed by atoms with E-state index in [1.807, 2.05) is 31.2 Å². The lowest BCUT2D eigenvalue weighted by molar-refractivity contribution is -0.118. The largest absolute Gasteiger partial charge is 0.494 e. The first-order chi connectivity index (χ1) is 16.7. The third-order valence-corrected chi connectivity index (χ3v) is 8.03. The molecule has 0 radical (unpaired) electrons. The van der Waals surface area contributed by atoms with Crippen LogP contribution < -0.4 is 15.4 Å². The second-order valence-corrected chi connectivity index (χ2v) is 11.5. The highest BCUT2D eigenvalue weighted by Gasteiger charge is 2.34. The molecule has 1 aromatic carbocycles. The number of morpholine rings is 1.